The topological polar surface area (TPSA) is 54.5 Å². The summed E-state index contributed by atoms with van der Waals surface area (Å²) in [5.74, 6) is -3.85. The molecule has 3 rings (SSSR count). The molecule has 0 aliphatic carbocycles. The molecule has 7 heteroatoms. The van der Waals surface area contributed by atoms with Gasteiger partial charge in [-0.1, -0.05) is 58.0 Å². The highest BCUT2D eigenvalue weighted by Gasteiger charge is 2.46. The first kappa shape index (κ1) is 20.8. The summed E-state index contributed by atoms with van der Waals surface area (Å²) >= 11 is 0. The second kappa shape index (κ2) is 7.13. The monoisotopic (exact) mass is 403 g/mol. The number of carbonyl (C=O) groups is 3. The third kappa shape index (κ3) is 3.34. The number of halogens is 3. The van der Waals surface area contributed by atoms with Crippen LogP contribution in [0.4, 0.5) is 18.9 Å². The number of Topliss-reactive ketones (excluding diaryl/α,β-unsaturated/α-hetero) is 1. The number of para-hydroxylation sites is 1. The van der Waals surface area contributed by atoms with E-state index in [1.165, 1.54) is 12.1 Å². The van der Waals surface area contributed by atoms with Gasteiger partial charge in [-0.25, -0.2) is 4.90 Å². The Bertz CT molecular complexity index is 996. The Labute approximate surface area is 166 Å². The van der Waals surface area contributed by atoms with E-state index in [-0.39, 0.29) is 17.4 Å². The van der Waals surface area contributed by atoms with Crippen molar-refractivity contribution in [1.82, 2.24) is 0 Å². The van der Waals surface area contributed by atoms with Gasteiger partial charge in [-0.2, -0.15) is 13.2 Å². The smallest absolute Gasteiger partial charge is 0.284 e. The van der Waals surface area contributed by atoms with Gasteiger partial charge in [0.1, 0.15) is 0 Å². The molecule has 0 N–H and O–H groups in total. The van der Waals surface area contributed by atoms with Gasteiger partial charge in [-0.15, -0.1) is 0 Å². The number of alkyl halides is 3. The average molecular weight is 403 g/mol. The van der Waals surface area contributed by atoms with E-state index in [2.05, 4.69) is 0 Å². The van der Waals surface area contributed by atoms with Gasteiger partial charge in [0.05, 0.1) is 16.8 Å². The second-order valence-corrected chi connectivity index (χ2v) is 7.60. The first-order valence-electron chi connectivity index (χ1n) is 9.22. The number of benzene rings is 2. The molecule has 0 atom stereocenters. The van der Waals surface area contributed by atoms with Gasteiger partial charge in [0.25, 0.3) is 17.6 Å². The molecule has 0 fully saturated rings. The van der Waals surface area contributed by atoms with E-state index < -0.39 is 34.9 Å². The maximum absolute atomic E-state index is 13.2. The van der Waals surface area contributed by atoms with Crippen LogP contribution in [0, 0.1) is 0 Å². The molecule has 0 bridgehead atoms. The van der Waals surface area contributed by atoms with Crippen molar-refractivity contribution in [1.29, 1.82) is 0 Å². The molecule has 4 nitrogen and oxygen atoms in total. The number of rotatable bonds is 4. The fourth-order valence-electron chi connectivity index (χ4n) is 3.60. The van der Waals surface area contributed by atoms with Crippen molar-refractivity contribution in [3.63, 3.8) is 0 Å². The highest BCUT2D eigenvalue weighted by molar-refractivity contribution is 6.37. The maximum Gasteiger partial charge on any atom is 0.454 e. The van der Waals surface area contributed by atoms with E-state index >= 15 is 0 Å². The Morgan fingerprint density at radius 1 is 0.862 bits per heavy atom. The Balaban J connectivity index is 2.25. The SMILES string of the molecule is CC(C)c1cccc(C(C)C)c1N1C(=O)c2cccc(C(=O)C(F)(F)F)c2C1=O. The second-order valence-electron chi connectivity index (χ2n) is 7.60. The largest absolute Gasteiger partial charge is 0.454 e. The van der Waals surface area contributed by atoms with Gasteiger partial charge < -0.3 is 0 Å². The van der Waals surface area contributed by atoms with Gasteiger partial charge in [-0.05, 0) is 29.0 Å². The molecule has 0 unspecified atom stereocenters. The van der Waals surface area contributed by atoms with E-state index in [0.717, 1.165) is 22.1 Å². The summed E-state index contributed by atoms with van der Waals surface area (Å²) in [5, 5.41) is 0. The van der Waals surface area contributed by atoms with Crippen molar-refractivity contribution in [3.8, 4) is 0 Å². The standard InChI is InChI=1S/C22H20F3NO3/c1-11(2)13-7-5-8-14(12(3)4)18(13)26-20(28)16-10-6-9-15(17(16)21(26)29)19(27)22(23,24)25/h5-12H,1-4H3. The van der Waals surface area contributed by atoms with Gasteiger partial charge in [-0.3, -0.25) is 14.4 Å². The van der Waals surface area contributed by atoms with E-state index in [9.17, 15) is 27.6 Å². The summed E-state index contributed by atoms with van der Waals surface area (Å²) in [4.78, 5) is 39.1. The van der Waals surface area contributed by atoms with Gasteiger partial charge in [0, 0.05) is 5.56 Å². The highest BCUT2D eigenvalue weighted by atomic mass is 19.4. The van der Waals surface area contributed by atoms with Crippen LogP contribution in [-0.2, 0) is 0 Å². The number of fused-ring (bicyclic) bond motifs is 1. The van der Waals surface area contributed by atoms with Gasteiger partial charge >= 0.3 is 6.18 Å². The molecule has 152 valence electrons. The zero-order chi connectivity index (χ0) is 21.7. The van der Waals surface area contributed by atoms with E-state index in [1.807, 2.05) is 33.8 Å². The zero-order valence-corrected chi connectivity index (χ0v) is 16.4. The van der Waals surface area contributed by atoms with E-state index in [1.54, 1.807) is 12.1 Å². The lowest BCUT2D eigenvalue weighted by atomic mass is 9.92. The van der Waals surface area contributed by atoms with Crippen LogP contribution in [0.3, 0.4) is 0 Å². The van der Waals surface area contributed by atoms with Crippen molar-refractivity contribution < 1.29 is 27.6 Å². The molecule has 0 saturated carbocycles. The summed E-state index contributed by atoms with van der Waals surface area (Å²) in [6.45, 7) is 7.61. The minimum atomic E-state index is -5.15. The van der Waals surface area contributed by atoms with Crippen molar-refractivity contribution in [2.75, 3.05) is 4.90 Å². The molecule has 1 aliphatic heterocycles. The van der Waals surface area contributed by atoms with Crippen LogP contribution in [-0.4, -0.2) is 23.8 Å². The molecule has 0 spiro atoms. The molecule has 1 aliphatic rings. The van der Waals surface area contributed by atoms with Crippen molar-refractivity contribution in [2.24, 2.45) is 0 Å². The normalized spacial score (nSPS) is 14.2. The van der Waals surface area contributed by atoms with E-state index in [4.69, 9.17) is 0 Å². The van der Waals surface area contributed by atoms with Crippen molar-refractivity contribution >= 4 is 23.3 Å². The molecular weight excluding hydrogens is 383 g/mol. The lowest BCUT2D eigenvalue weighted by molar-refractivity contribution is -0.0885. The number of anilines is 1. The lowest BCUT2D eigenvalue weighted by Gasteiger charge is -2.25. The number of hydrogen-bond donors (Lipinski definition) is 0. The van der Waals surface area contributed by atoms with Crippen LogP contribution in [0.2, 0.25) is 0 Å². The van der Waals surface area contributed by atoms with Gasteiger partial charge in [0.2, 0.25) is 0 Å². The minimum absolute atomic E-state index is 0.0377. The molecule has 2 amide bonds. The summed E-state index contributed by atoms with van der Waals surface area (Å²) in [7, 11) is 0. The number of nitrogens with zero attached hydrogens (tertiary/aromatic N) is 1. The molecule has 0 radical (unpaired) electrons. The number of ketones is 1. The summed E-state index contributed by atoms with van der Waals surface area (Å²) in [5.41, 5.74) is 0.355. The van der Waals surface area contributed by atoms with Crippen molar-refractivity contribution in [3.05, 3.63) is 64.2 Å². The van der Waals surface area contributed by atoms with Crippen LogP contribution in [0.5, 0.6) is 0 Å². The predicted molar refractivity (Wildman–Crippen MR) is 103 cm³/mol. The maximum atomic E-state index is 13.2. The van der Waals surface area contributed by atoms with Crippen molar-refractivity contribution in [2.45, 2.75) is 45.7 Å². The van der Waals surface area contributed by atoms with Crippen LogP contribution < -0.4 is 4.90 Å². The summed E-state index contributed by atoms with van der Waals surface area (Å²) < 4.78 is 39.1. The first-order chi connectivity index (χ1) is 13.5. The zero-order valence-electron chi connectivity index (χ0n) is 16.4. The number of hydrogen-bond acceptors (Lipinski definition) is 3. The molecular formula is C22H20F3NO3. The quantitative estimate of drug-likeness (QED) is 0.502. The average Bonchev–Trinajstić information content (AvgIpc) is 2.90. The Kier molecular flexibility index (Phi) is 5.11. The van der Waals surface area contributed by atoms with E-state index in [0.29, 0.717) is 5.69 Å². The molecule has 0 saturated heterocycles. The molecule has 2 aromatic carbocycles. The summed E-state index contributed by atoms with van der Waals surface area (Å²) in [6, 6.07) is 8.79. The van der Waals surface area contributed by atoms with Gasteiger partial charge in [0.15, 0.2) is 0 Å². The third-order valence-corrected chi connectivity index (χ3v) is 4.98. The predicted octanol–water partition coefficient (Wildman–Crippen LogP) is 5.48. The highest BCUT2D eigenvalue weighted by Crippen LogP contribution is 2.40. The van der Waals surface area contributed by atoms with Crippen LogP contribution in [0.1, 0.15) is 81.7 Å². The molecule has 1 heterocycles. The van der Waals surface area contributed by atoms with Crippen LogP contribution in [0.25, 0.3) is 0 Å². The molecule has 29 heavy (non-hydrogen) atoms. The van der Waals surface area contributed by atoms with Crippen LogP contribution >= 0.6 is 0 Å². The van der Waals surface area contributed by atoms with Crippen LogP contribution in [0.15, 0.2) is 36.4 Å². The Hall–Kier alpha value is -2.96. The first-order valence-corrected chi connectivity index (χ1v) is 9.22. The molecule has 2 aromatic rings. The number of imide groups is 1. The number of carbonyl (C=O) groups excluding carboxylic acids is 3. The minimum Gasteiger partial charge on any atom is -0.284 e. The Morgan fingerprint density at radius 2 is 1.38 bits per heavy atom. The molecule has 0 aromatic heterocycles. The Morgan fingerprint density at radius 3 is 1.86 bits per heavy atom. The fraction of sp³-hybridized carbons (Fsp3) is 0.318. The fourth-order valence-corrected chi connectivity index (χ4v) is 3.60. The lowest BCUT2D eigenvalue weighted by Crippen LogP contribution is -2.32. The summed E-state index contributed by atoms with van der Waals surface area (Å²) in [6.07, 6.45) is -5.15. The third-order valence-electron chi connectivity index (χ3n) is 4.98. The number of amides is 2.